The van der Waals surface area contributed by atoms with Gasteiger partial charge in [0.1, 0.15) is 12.4 Å². The number of ether oxygens (including phenoxy) is 2. The van der Waals surface area contributed by atoms with Crippen LogP contribution in [0.25, 0.3) is 11.3 Å². The topological polar surface area (TPSA) is 91.5 Å². The van der Waals surface area contributed by atoms with Crippen LogP contribution < -0.4 is 20.1 Å². The van der Waals surface area contributed by atoms with E-state index in [-0.39, 0.29) is 17.1 Å². The lowest BCUT2D eigenvalue weighted by atomic mass is 9.93. The van der Waals surface area contributed by atoms with E-state index in [1.54, 1.807) is 24.5 Å². The Bertz CT molecular complexity index is 1320. The van der Waals surface area contributed by atoms with Gasteiger partial charge >= 0.3 is 0 Å². The predicted octanol–water partition coefficient (Wildman–Crippen LogP) is 4.22. The molecule has 2 aromatic heterocycles. The zero-order valence-electron chi connectivity index (χ0n) is 20.5. The molecular weight excluding hydrogens is 461 g/mol. The van der Waals surface area contributed by atoms with Gasteiger partial charge in [-0.1, -0.05) is 6.07 Å². The van der Waals surface area contributed by atoms with Crippen LogP contribution in [-0.2, 0) is 5.41 Å². The van der Waals surface area contributed by atoms with E-state index in [2.05, 4.69) is 32.5 Å². The van der Waals surface area contributed by atoms with E-state index in [9.17, 15) is 9.18 Å². The Morgan fingerprint density at radius 2 is 2.17 bits per heavy atom. The molecule has 9 heteroatoms. The summed E-state index contributed by atoms with van der Waals surface area (Å²) in [5.41, 5.74) is 3.90. The summed E-state index contributed by atoms with van der Waals surface area (Å²) in [6.07, 6.45) is 7.67. The quantitative estimate of drug-likeness (QED) is 0.459. The molecule has 3 N–H and O–H groups in total. The molecule has 8 nitrogen and oxygen atoms in total. The van der Waals surface area contributed by atoms with Crippen LogP contribution in [0.3, 0.4) is 0 Å². The zero-order chi connectivity index (χ0) is 24.9. The van der Waals surface area contributed by atoms with Crippen molar-refractivity contribution < 1.29 is 18.7 Å². The molecule has 3 aromatic rings. The first-order valence-corrected chi connectivity index (χ1v) is 12.4. The van der Waals surface area contributed by atoms with Crippen molar-refractivity contribution in [2.24, 2.45) is 0 Å². The largest absolute Gasteiger partial charge is 0.492 e. The molecular formula is C27H30FN5O3. The number of amides is 1. The summed E-state index contributed by atoms with van der Waals surface area (Å²) in [5, 5.41) is 6.38. The van der Waals surface area contributed by atoms with Crippen molar-refractivity contribution in [1.82, 2.24) is 20.2 Å². The van der Waals surface area contributed by atoms with Crippen LogP contribution in [0.1, 0.15) is 41.7 Å². The highest BCUT2D eigenvalue weighted by Gasteiger charge is 2.51. The molecule has 1 saturated heterocycles. The van der Waals surface area contributed by atoms with E-state index < -0.39 is 5.82 Å². The van der Waals surface area contributed by atoms with Gasteiger partial charge in [0.25, 0.3) is 5.91 Å². The third-order valence-electron chi connectivity index (χ3n) is 7.79. The van der Waals surface area contributed by atoms with Crippen molar-refractivity contribution in [2.45, 2.75) is 37.1 Å². The number of halogens is 1. The summed E-state index contributed by atoms with van der Waals surface area (Å²) in [6, 6.07) is 6.93. The van der Waals surface area contributed by atoms with Crippen LogP contribution >= 0.6 is 0 Å². The highest BCUT2D eigenvalue weighted by molar-refractivity contribution is 6.07. The smallest absolute Gasteiger partial charge is 0.255 e. The maximum absolute atomic E-state index is 14.5. The highest BCUT2D eigenvalue weighted by atomic mass is 19.1. The molecule has 0 bridgehead atoms. The van der Waals surface area contributed by atoms with Gasteiger partial charge in [0, 0.05) is 35.5 Å². The molecule has 36 heavy (non-hydrogen) atoms. The highest BCUT2D eigenvalue weighted by Crippen LogP contribution is 2.54. The van der Waals surface area contributed by atoms with Crippen molar-refractivity contribution in [3.05, 3.63) is 53.7 Å². The van der Waals surface area contributed by atoms with Crippen LogP contribution in [0.15, 0.2) is 36.7 Å². The summed E-state index contributed by atoms with van der Waals surface area (Å²) in [6.45, 7) is 2.23. The standard InChI is InChI=1S/C27H30FN5O3/c1-33-12-4-5-16(33)14-36-20-13-29-11-8-17(20)22-23(31-19-7-3-6-18(28)24(19)35-2)21-25(32-22)27(9-10-27)15-30-26(21)34/h3,6-8,11,13,16,31-32H,4-5,9-10,12,14-15H2,1-2H3,(H,30,34). The molecule has 0 radical (unpaired) electrons. The fourth-order valence-electron chi connectivity index (χ4n) is 5.48. The number of fused-ring (bicyclic) bond motifs is 2. The van der Waals surface area contributed by atoms with Gasteiger partial charge in [0.05, 0.1) is 35.9 Å². The van der Waals surface area contributed by atoms with Crippen molar-refractivity contribution >= 4 is 17.3 Å². The van der Waals surface area contributed by atoms with Gasteiger partial charge in [-0.2, -0.15) is 0 Å². The van der Waals surface area contributed by atoms with Gasteiger partial charge in [0.2, 0.25) is 0 Å². The molecule has 1 amide bonds. The first-order valence-electron chi connectivity index (χ1n) is 12.4. The van der Waals surface area contributed by atoms with E-state index in [0.29, 0.717) is 47.6 Å². The summed E-state index contributed by atoms with van der Waals surface area (Å²) >= 11 is 0. The molecule has 3 aliphatic rings. The number of likely N-dealkylation sites (N-methyl/N-ethyl adjacent to an activating group) is 1. The van der Waals surface area contributed by atoms with Gasteiger partial charge < -0.3 is 30.0 Å². The lowest BCUT2D eigenvalue weighted by molar-refractivity contribution is 0.0938. The first-order chi connectivity index (χ1) is 17.5. The van der Waals surface area contributed by atoms with Crippen molar-refractivity contribution in [3.8, 4) is 22.8 Å². The number of benzene rings is 1. The summed E-state index contributed by atoms with van der Waals surface area (Å²) in [4.78, 5) is 23.4. The summed E-state index contributed by atoms with van der Waals surface area (Å²) in [5.74, 6) is 0.0827. The lowest BCUT2D eigenvalue weighted by Crippen LogP contribution is -2.39. The molecule has 1 aromatic carbocycles. The maximum Gasteiger partial charge on any atom is 0.255 e. The Morgan fingerprint density at radius 3 is 2.92 bits per heavy atom. The number of H-pyrrole nitrogens is 1. The third kappa shape index (κ3) is 3.78. The third-order valence-corrected chi connectivity index (χ3v) is 7.79. The molecule has 1 atom stereocenters. The second-order valence-electron chi connectivity index (χ2n) is 9.99. The van der Waals surface area contributed by atoms with Crippen LogP contribution in [0.2, 0.25) is 0 Å². The number of likely N-dealkylation sites (tertiary alicyclic amines) is 1. The zero-order valence-corrected chi connectivity index (χ0v) is 20.5. The SMILES string of the molecule is COc1c(F)cccc1Nc1c(-c2ccncc2OCC2CCCN2C)[nH]c2c1C(=O)NCC21CC1. The molecule has 1 saturated carbocycles. The Hall–Kier alpha value is -3.59. The number of carbonyl (C=O) groups is 1. The van der Waals surface area contributed by atoms with E-state index in [0.717, 1.165) is 43.5 Å². The van der Waals surface area contributed by atoms with E-state index >= 15 is 0 Å². The summed E-state index contributed by atoms with van der Waals surface area (Å²) in [7, 11) is 3.55. The first kappa shape index (κ1) is 22.8. The number of aromatic amines is 1. The van der Waals surface area contributed by atoms with Crippen molar-refractivity contribution in [1.29, 1.82) is 0 Å². The van der Waals surface area contributed by atoms with E-state index in [1.165, 1.54) is 13.2 Å². The number of rotatable bonds is 7. The Morgan fingerprint density at radius 1 is 1.31 bits per heavy atom. The molecule has 1 aliphatic carbocycles. The number of nitrogens with one attached hydrogen (secondary N) is 3. The minimum atomic E-state index is -0.481. The molecule has 2 fully saturated rings. The number of carbonyl (C=O) groups excluding carboxylic acids is 1. The molecule has 2 aliphatic heterocycles. The van der Waals surface area contributed by atoms with Gasteiger partial charge in [-0.25, -0.2) is 4.39 Å². The van der Waals surface area contributed by atoms with E-state index in [4.69, 9.17) is 9.47 Å². The Labute approximate surface area is 209 Å². The Balaban J connectivity index is 1.46. The van der Waals surface area contributed by atoms with Crippen molar-refractivity contribution in [2.75, 3.05) is 39.2 Å². The number of para-hydroxylation sites is 1. The van der Waals surface area contributed by atoms with Gasteiger partial charge in [-0.3, -0.25) is 9.78 Å². The number of pyridine rings is 1. The average Bonchev–Trinajstić information content (AvgIpc) is 3.38. The molecule has 188 valence electrons. The van der Waals surface area contributed by atoms with Crippen molar-refractivity contribution in [3.63, 3.8) is 0 Å². The number of hydrogen-bond donors (Lipinski definition) is 3. The lowest BCUT2D eigenvalue weighted by Gasteiger charge is -2.23. The van der Waals surface area contributed by atoms with Crippen LogP contribution in [0, 0.1) is 5.82 Å². The Kier molecular flexibility index (Phi) is 5.59. The number of nitrogens with zero attached hydrogens (tertiary/aromatic N) is 2. The fraction of sp³-hybridized carbons (Fsp3) is 0.407. The van der Waals surface area contributed by atoms with Gasteiger partial charge in [-0.05, 0) is 57.5 Å². The monoisotopic (exact) mass is 491 g/mol. The molecule has 4 heterocycles. The van der Waals surface area contributed by atoms with E-state index in [1.807, 2.05) is 6.07 Å². The molecule has 6 rings (SSSR count). The van der Waals surface area contributed by atoms with Crippen LogP contribution in [0.5, 0.6) is 11.5 Å². The molecule has 1 unspecified atom stereocenters. The number of anilines is 2. The fourth-order valence-corrected chi connectivity index (χ4v) is 5.48. The maximum atomic E-state index is 14.5. The molecule has 1 spiro atoms. The van der Waals surface area contributed by atoms with Gasteiger partial charge in [-0.15, -0.1) is 0 Å². The number of hydrogen-bond acceptors (Lipinski definition) is 6. The minimum absolute atomic E-state index is 0.0891. The van der Waals surface area contributed by atoms with Crippen LogP contribution in [0.4, 0.5) is 15.8 Å². The predicted molar refractivity (Wildman–Crippen MR) is 135 cm³/mol. The second kappa shape index (κ2) is 8.81. The average molecular weight is 492 g/mol. The summed E-state index contributed by atoms with van der Waals surface area (Å²) < 4.78 is 26.2. The number of aromatic nitrogens is 2. The minimum Gasteiger partial charge on any atom is -0.492 e. The number of methoxy groups -OCH3 is 1. The van der Waals surface area contributed by atoms with Crippen LogP contribution in [-0.4, -0.2) is 60.7 Å². The second-order valence-corrected chi connectivity index (χ2v) is 9.99. The normalized spacial score (nSPS) is 20.2. The van der Waals surface area contributed by atoms with Gasteiger partial charge in [0.15, 0.2) is 11.6 Å².